The molecule has 2 aromatic rings. The van der Waals surface area contributed by atoms with Crippen LogP contribution in [0.4, 0.5) is 10.5 Å². The lowest BCUT2D eigenvalue weighted by Crippen LogP contribution is -2.38. The molecular formula is C20H24N2O3S. The van der Waals surface area contributed by atoms with Crippen molar-refractivity contribution < 1.29 is 14.3 Å². The fourth-order valence-corrected chi connectivity index (χ4v) is 4.07. The van der Waals surface area contributed by atoms with Gasteiger partial charge in [0.15, 0.2) is 0 Å². The number of hydrogen-bond acceptors (Lipinski definition) is 4. The zero-order valence-electron chi connectivity index (χ0n) is 15.5. The summed E-state index contributed by atoms with van der Waals surface area (Å²) in [6.45, 7) is 8.19. The lowest BCUT2D eigenvalue weighted by Gasteiger charge is -2.33. The summed E-state index contributed by atoms with van der Waals surface area (Å²) >= 11 is 1.75. The molecule has 6 heteroatoms. The number of carbonyl (C=O) groups is 2. The SMILES string of the molecule is C[C@H]1c2ccsc2CCN1C(=O)c1cccc(NC(=O)OC(C)(C)C)c1. The second kappa shape index (κ2) is 7.11. The number of hydrogen-bond donors (Lipinski definition) is 1. The van der Waals surface area contributed by atoms with Crippen molar-refractivity contribution in [2.75, 3.05) is 11.9 Å². The van der Waals surface area contributed by atoms with E-state index in [9.17, 15) is 9.59 Å². The van der Waals surface area contributed by atoms with Gasteiger partial charge in [-0.25, -0.2) is 4.79 Å². The van der Waals surface area contributed by atoms with Gasteiger partial charge in [-0.1, -0.05) is 6.07 Å². The van der Waals surface area contributed by atoms with Crippen molar-refractivity contribution in [3.63, 3.8) is 0 Å². The minimum Gasteiger partial charge on any atom is -0.444 e. The average Bonchev–Trinajstić information content (AvgIpc) is 3.02. The summed E-state index contributed by atoms with van der Waals surface area (Å²) in [5, 5.41) is 4.77. The number of thiophene rings is 1. The highest BCUT2D eigenvalue weighted by atomic mass is 32.1. The van der Waals surface area contributed by atoms with E-state index in [-0.39, 0.29) is 11.9 Å². The second-order valence-electron chi connectivity index (χ2n) is 7.43. The summed E-state index contributed by atoms with van der Waals surface area (Å²) in [7, 11) is 0. The van der Waals surface area contributed by atoms with Crippen LogP contribution in [0.25, 0.3) is 0 Å². The van der Waals surface area contributed by atoms with Crippen LogP contribution < -0.4 is 5.32 Å². The zero-order valence-corrected chi connectivity index (χ0v) is 16.4. The Morgan fingerprint density at radius 2 is 2.04 bits per heavy atom. The highest BCUT2D eigenvalue weighted by Gasteiger charge is 2.29. The summed E-state index contributed by atoms with van der Waals surface area (Å²) in [5.74, 6) is -0.0258. The van der Waals surface area contributed by atoms with Gasteiger partial charge in [0.1, 0.15) is 5.60 Å². The largest absolute Gasteiger partial charge is 0.444 e. The van der Waals surface area contributed by atoms with E-state index in [2.05, 4.69) is 23.7 Å². The van der Waals surface area contributed by atoms with Crippen LogP contribution in [0.5, 0.6) is 0 Å². The number of rotatable bonds is 2. The smallest absolute Gasteiger partial charge is 0.412 e. The third kappa shape index (κ3) is 4.07. The van der Waals surface area contributed by atoms with Crippen molar-refractivity contribution in [2.24, 2.45) is 0 Å². The minimum atomic E-state index is -0.570. The predicted octanol–water partition coefficient (Wildman–Crippen LogP) is 4.85. The van der Waals surface area contributed by atoms with E-state index < -0.39 is 11.7 Å². The molecular weight excluding hydrogens is 348 g/mol. The van der Waals surface area contributed by atoms with Gasteiger partial charge in [0.25, 0.3) is 5.91 Å². The van der Waals surface area contributed by atoms with Crippen molar-refractivity contribution in [1.29, 1.82) is 0 Å². The maximum Gasteiger partial charge on any atom is 0.412 e. The van der Waals surface area contributed by atoms with E-state index in [0.29, 0.717) is 17.8 Å². The quantitative estimate of drug-likeness (QED) is 0.819. The molecule has 0 unspecified atom stereocenters. The highest BCUT2D eigenvalue weighted by Crippen LogP contribution is 2.33. The van der Waals surface area contributed by atoms with E-state index in [1.807, 2.05) is 25.7 Å². The van der Waals surface area contributed by atoms with Crippen molar-refractivity contribution in [3.05, 3.63) is 51.7 Å². The molecule has 1 atom stereocenters. The fraction of sp³-hybridized carbons (Fsp3) is 0.400. The van der Waals surface area contributed by atoms with Gasteiger partial charge in [0.05, 0.1) is 6.04 Å². The maximum atomic E-state index is 13.0. The topological polar surface area (TPSA) is 58.6 Å². The molecule has 5 nitrogen and oxygen atoms in total. The molecule has 1 aliphatic heterocycles. The molecule has 0 aliphatic carbocycles. The van der Waals surface area contributed by atoms with Gasteiger partial charge in [0, 0.05) is 22.7 Å². The van der Waals surface area contributed by atoms with Gasteiger partial charge < -0.3 is 9.64 Å². The maximum absolute atomic E-state index is 13.0. The molecule has 2 heterocycles. The summed E-state index contributed by atoms with van der Waals surface area (Å²) in [4.78, 5) is 28.2. The number of anilines is 1. The van der Waals surface area contributed by atoms with Gasteiger partial charge in [0.2, 0.25) is 0 Å². The van der Waals surface area contributed by atoms with Crippen LogP contribution in [0.15, 0.2) is 35.7 Å². The molecule has 1 aromatic heterocycles. The third-order valence-electron chi connectivity index (χ3n) is 4.29. The first-order chi connectivity index (χ1) is 12.2. The normalized spacial score (nSPS) is 16.8. The number of fused-ring (bicyclic) bond motifs is 1. The zero-order chi connectivity index (χ0) is 18.9. The molecule has 0 fully saturated rings. The lowest BCUT2D eigenvalue weighted by molar-refractivity contribution is 0.0632. The molecule has 1 N–H and O–H groups in total. The van der Waals surface area contributed by atoms with E-state index in [1.54, 1.807) is 35.6 Å². The van der Waals surface area contributed by atoms with E-state index >= 15 is 0 Å². The lowest BCUT2D eigenvalue weighted by atomic mass is 10.0. The number of nitrogens with zero attached hydrogens (tertiary/aromatic N) is 1. The molecule has 1 aliphatic rings. The van der Waals surface area contributed by atoms with Crippen LogP contribution >= 0.6 is 11.3 Å². The first-order valence-corrected chi connectivity index (χ1v) is 9.60. The highest BCUT2D eigenvalue weighted by molar-refractivity contribution is 7.10. The van der Waals surface area contributed by atoms with Crippen LogP contribution in [-0.4, -0.2) is 29.0 Å². The first-order valence-electron chi connectivity index (χ1n) is 8.72. The Bertz CT molecular complexity index is 822. The summed E-state index contributed by atoms with van der Waals surface area (Å²) in [5.41, 5.74) is 1.77. The van der Waals surface area contributed by atoms with E-state index in [0.717, 1.165) is 6.42 Å². The van der Waals surface area contributed by atoms with Crippen molar-refractivity contribution in [2.45, 2.75) is 45.8 Å². The molecule has 2 amide bonds. The van der Waals surface area contributed by atoms with Crippen LogP contribution in [0, 0.1) is 0 Å². The number of amides is 2. The summed E-state index contributed by atoms with van der Waals surface area (Å²) in [6, 6.07) is 9.15. The monoisotopic (exact) mass is 372 g/mol. The molecule has 1 aromatic carbocycles. The fourth-order valence-electron chi connectivity index (χ4n) is 3.10. The van der Waals surface area contributed by atoms with Gasteiger partial charge in [-0.05, 0) is 69.3 Å². The van der Waals surface area contributed by atoms with Gasteiger partial charge >= 0.3 is 6.09 Å². The second-order valence-corrected chi connectivity index (χ2v) is 8.43. The number of ether oxygens (including phenoxy) is 1. The van der Waals surface area contributed by atoms with Crippen LogP contribution in [0.2, 0.25) is 0 Å². The van der Waals surface area contributed by atoms with E-state index in [4.69, 9.17) is 4.74 Å². The minimum absolute atomic E-state index is 0.0258. The average molecular weight is 372 g/mol. The van der Waals surface area contributed by atoms with Crippen LogP contribution in [0.1, 0.15) is 54.5 Å². The van der Waals surface area contributed by atoms with Crippen LogP contribution in [-0.2, 0) is 11.2 Å². The van der Waals surface area contributed by atoms with Crippen LogP contribution in [0.3, 0.4) is 0 Å². The summed E-state index contributed by atoms with van der Waals surface area (Å²) in [6.07, 6.45) is 0.357. The van der Waals surface area contributed by atoms with Crippen molar-refractivity contribution in [3.8, 4) is 0 Å². The summed E-state index contributed by atoms with van der Waals surface area (Å²) < 4.78 is 5.26. The molecule has 0 saturated heterocycles. The Balaban J connectivity index is 1.74. The number of carbonyl (C=O) groups excluding carboxylic acids is 2. The number of nitrogens with one attached hydrogen (secondary N) is 1. The number of benzene rings is 1. The van der Waals surface area contributed by atoms with Gasteiger partial charge in [-0.15, -0.1) is 11.3 Å². The molecule has 0 bridgehead atoms. The third-order valence-corrected chi connectivity index (χ3v) is 5.29. The first kappa shape index (κ1) is 18.5. The molecule has 3 rings (SSSR count). The van der Waals surface area contributed by atoms with Gasteiger partial charge in [-0.3, -0.25) is 10.1 Å². The molecule has 0 radical (unpaired) electrons. The molecule has 0 saturated carbocycles. The molecule has 26 heavy (non-hydrogen) atoms. The molecule has 138 valence electrons. The standard InChI is InChI=1S/C20H24N2O3S/c1-13-16-9-11-26-17(16)8-10-22(13)18(23)14-6-5-7-15(12-14)21-19(24)25-20(2,3)4/h5-7,9,11-13H,8,10H2,1-4H3,(H,21,24)/t13-/m0/s1. The van der Waals surface area contributed by atoms with Crippen molar-refractivity contribution >= 4 is 29.0 Å². The Morgan fingerprint density at radius 3 is 2.77 bits per heavy atom. The van der Waals surface area contributed by atoms with E-state index in [1.165, 1.54) is 10.4 Å². The Hall–Kier alpha value is -2.34. The van der Waals surface area contributed by atoms with Gasteiger partial charge in [-0.2, -0.15) is 0 Å². The van der Waals surface area contributed by atoms with Crippen molar-refractivity contribution in [1.82, 2.24) is 4.90 Å². The predicted molar refractivity (Wildman–Crippen MR) is 104 cm³/mol. The Labute approximate surface area is 158 Å². The Morgan fingerprint density at radius 1 is 1.27 bits per heavy atom. The Kier molecular flexibility index (Phi) is 5.05. The molecule has 0 spiro atoms.